The van der Waals surface area contributed by atoms with Gasteiger partial charge in [0.15, 0.2) is 11.5 Å². The summed E-state index contributed by atoms with van der Waals surface area (Å²) in [5, 5.41) is 0. The van der Waals surface area contributed by atoms with E-state index in [1.165, 1.54) is 25.7 Å². The third-order valence-electron chi connectivity index (χ3n) is 7.15. The Bertz CT molecular complexity index is 785. The molecule has 2 aliphatic heterocycles. The molecule has 2 amide bonds. The number of amides is 2. The molecule has 1 atom stereocenters. The first-order valence-electron chi connectivity index (χ1n) is 11.6. The standard InChI is InChI=1S/C24H35N3O4/c1-30-21-8-7-18(15-22(21)31-2)9-10-27-17-19(16-23(27)28)24(29)26-13-11-25(12-14-26)20-5-3-4-6-20/h7-8,15,19-20H,3-6,9-14,16-17H2,1-2H3/t19-/m0/s1. The Labute approximate surface area is 185 Å². The van der Waals surface area contributed by atoms with Crippen LogP contribution >= 0.6 is 0 Å². The number of methoxy groups -OCH3 is 2. The summed E-state index contributed by atoms with van der Waals surface area (Å²) >= 11 is 0. The molecule has 1 saturated carbocycles. The number of benzene rings is 1. The van der Waals surface area contributed by atoms with E-state index >= 15 is 0 Å². The van der Waals surface area contributed by atoms with Crippen LogP contribution in [0.25, 0.3) is 0 Å². The number of carbonyl (C=O) groups excluding carboxylic acids is 2. The third kappa shape index (κ3) is 4.97. The van der Waals surface area contributed by atoms with Crippen LogP contribution in [0.2, 0.25) is 0 Å². The topological polar surface area (TPSA) is 62.3 Å². The Morgan fingerprint density at radius 2 is 1.74 bits per heavy atom. The van der Waals surface area contributed by atoms with Crippen LogP contribution in [0.5, 0.6) is 11.5 Å². The van der Waals surface area contributed by atoms with Gasteiger partial charge in [-0.1, -0.05) is 18.9 Å². The van der Waals surface area contributed by atoms with Crippen molar-refractivity contribution in [3.63, 3.8) is 0 Å². The van der Waals surface area contributed by atoms with E-state index in [0.717, 1.165) is 44.2 Å². The van der Waals surface area contributed by atoms with Crippen molar-refractivity contribution in [1.29, 1.82) is 0 Å². The lowest BCUT2D eigenvalue weighted by atomic mass is 10.1. The van der Waals surface area contributed by atoms with E-state index in [2.05, 4.69) is 4.90 Å². The van der Waals surface area contributed by atoms with Gasteiger partial charge in [0.2, 0.25) is 11.8 Å². The first kappa shape index (κ1) is 21.9. The van der Waals surface area contributed by atoms with Gasteiger partial charge in [-0.05, 0) is 37.0 Å². The van der Waals surface area contributed by atoms with Crippen molar-refractivity contribution < 1.29 is 19.1 Å². The second-order valence-corrected chi connectivity index (χ2v) is 8.98. The summed E-state index contributed by atoms with van der Waals surface area (Å²) in [4.78, 5) is 32.0. The van der Waals surface area contributed by atoms with Gasteiger partial charge in [0, 0.05) is 51.7 Å². The minimum Gasteiger partial charge on any atom is -0.493 e. The third-order valence-corrected chi connectivity index (χ3v) is 7.15. The van der Waals surface area contributed by atoms with E-state index in [0.29, 0.717) is 31.0 Å². The Morgan fingerprint density at radius 1 is 1.03 bits per heavy atom. The van der Waals surface area contributed by atoms with Crippen molar-refractivity contribution in [3.05, 3.63) is 23.8 Å². The summed E-state index contributed by atoms with van der Waals surface area (Å²) in [6, 6.07) is 6.55. The number of likely N-dealkylation sites (tertiary alicyclic amines) is 1. The lowest BCUT2D eigenvalue weighted by Crippen LogP contribution is -2.52. The normalized spacial score (nSPS) is 22.9. The number of hydrogen-bond donors (Lipinski definition) is 0. The van der Waals surface area contributed by atoms with E-state index in [-0.39, 0.29) is 17.7 Å². The maximum absolute atomic E-state index is 13.0. The fourth-order valence-electron chi connectivity index (χ4n) is 5.29. The molecule has 0 aromatic heterocycles. The van der Waals surface area contributed by atoms with Crippen LogP contribution in [0, 0.1) is 5.92 Å². The molecule has 1 aromatic rings. The Morgan fingerprint density at radius 3 is 2.42 bits per heavy atom. The molecule has 7 heteroatoms. The highest BCUT2D eigenvalue weighted by atomic mass is 16.5. The number of hydrogen-bond acceptors (Lipinski definition) is 5. The first-order valence-corrected chi connectivity index (χ1v) is 11.6. The highest BCUT2D eigenvalue weighted by Crippen LogP contribution is 2.29. The summed E-state index contributed by atoms with van der Waals surface area (Å²) < 4.78 is 10.7. The van der Waals surface area contributed by atoms with Crippen molar-refractivity contribution in [2.75, 3.05) is 53.5 Å². The summed E-state index contributed by atoms with van der Waals surface area (Å²) in [5.41, 5.74) is 1.09. The molecule has 3 fully saturated rings. The average Bonchev–Trinajstić information content (AvgIpc) is 3.47. The zero-order valence-corrected chi connectivity index (χ0v) is 18.8. The summed E-state index contributed by atoms with van der Waals surface area (Å²) in [6.07, 6.45) is 6.36. The molecule has 170 valence electrons. The predicted molar refractivity (Wildman–Crippen MR) is 118 cm³/mol. The van der Waals surface area contributed by atoms with Gasteiger partial charge >= 0.3 is 0 Å². The SMILES string of the molecule is COc1ccc(CCN2C[C@@H](C(=O)N3CCN(C4CCCC4)CC3)CC2=O)cc1OC. The second-order valence-electron chi connectivity index (χ2n) is 8.98. The predicted octanol–water partition coefficient (Wildman–Crippen LogP) is 2.18. The maximum atomic E-state index is 13.0. The molecule has 2 saturated heterocycles. The van der Waals surface area contributed by atoms with E-state index < -0.39 is 0 Å². The first-order chi connectivity index (χ1) is 15.1. The molecule has 0 unspecified atom stereocenters. The molecule has 1 aromatic carbocycles. The molecule has 1 aliphatic carbocycles. The summed E-state index contributed by atoms with van der Waals surface area (Å²) in [5.74, 6) is 1.44. The quantitative estimate of drug-likeness (QED) is 0.665. The van der Waals surface area contributed by atoms with Gasteiger partial charge in [0.25, 0.3) is 0 Å². The van der Waals surface area contributed by atoms with Crippen molar-refractivity contribution in [1.82, 2.24) is 14.7 Å². The van der Waals surface area contributed by atoms with Gasteiger partial charge in [0.1, 0.15) is 0 Å². The van der Waals surface area contributed by atoms with E-state index in [1.54, 1.807) is 14.2 Å². The number of nitrogens with zero attached hydrogens (tertiary/aromatic N) is 3. The van der Waals surface area contributed by atoms with Crippen LogP contribution in [-0.2, 0) is 16.0 Å². The van der Waals surface area contributed by atoms with E-state index in [4.69, 9.17) is 9.47 Å². The molecular weight excluding hydrogens is 394 g/mol. The average molecular weight is 430 g/mol. The molecule has 0 N–H and O–H groups in total. The molecule has 0 bridgehead atoms. The molecule has 3 aliphatic rings. The van der Waals surface area contributed by atoms with E-state index in [1.807, 2.05) is 28.0 Å². The number of piperazine rings is 1. The van der Waals surface area contributed by atoms with Crippen LogP contribution in [-0.4, -0.2) is 86.0 Å². The van der Waals surface area contributed by atoms with Crippen LogP contribution in [0.15, 0.2) is 18.2 Å². The monoisotopic (exact) mass is 429 g/mol. The van der Waals surface area contributed by atoms with Gasteiger partial charge in [-0.15, -0.1) is 0 Å². The Hall–Kier alpha value is -2.28. The van der Waals surface area contributed by atoms with Crippen LogP contribution in [0.1, 0.15) is 37.7 Å². The summed E-state index contributed by atoms with van der Waals surface area (Å²) in [7, 11) is 3.24. The van der Waals surface area contributed by atoms with Gasteiger partial charge in [0.05, 0.1) is 20.1 Å². The second kappa shape index (κ2) is 9.90. The number of rotatable bonds is 7. The van der Waals surface area contributed by atoms with Crippen LogP contribution < -0.4 is 9.47 Å². The maximum Gasteiger partial charge on any atom is 0.228 e. The number of ether oxygens (including phenoxy) is 2. The fourth-order valence-corrected chi connectivity index (χ4v) is 5.29. The highest BCUT2D eigenvalue weighted by molar-refractivity contribution is 5.89. The van der Waals surface area contributed by atoms with Gasteiger partial charge in [-0.3, -0.25) is 14.5 Å². The molecule has 0 radical (unpaired) electrons. The molecule has 0 spiro atoms. The molecular formula is C24H35N3O4. The van der Waals surface area contributed by atoms with Crippen LogP contribution in [0.4, 0.5) is 0 Å². The molecule has 31 heavy (non-hydrogen) atoms. The largest absolute Gasteiger partial charge is 0.493 e. The summed E-state index contributed by atoms with van der Waals surface area (Å²) in [6.45, 7) is 4.69. The zero-order valence-electron chi connectivity index (χ0n) is 18.8. The fraction of sp³-hybridized carbons (Fsp3) is 0.667. The minimum atomic E-state index is -0.198. The van der Waals surface area contributed by atoms with Crippen molar-refractivity contribution in [3.8, 4) is 11.5 Å². The van der Waals surface area contributed by atoms with Crippen molar-refractivity contribution in [2.45, 2.75) is 44.6 Å². The lowest BCUT2D eigenvalue weighted by molar-refractivity contribution is -0.137. The molecule has 2 heterocycles. The van der Waals surface area contributed by atoms with Crippen molar-refractivity contribution in [2.24, 2.45) is 5.92 Å². The highest BCUT2D eigenvalue weighted by Gasteiger charge is 2.37. The van der Waals surface area contributed by atoms with Crippen LogP contribution in [0.3, 0.4) is 0 Å². The zero-order chi connectivity index (χ0) is 21.8. The lowest BCUT2D eigenvalue weighted by Gasteiger charge is -2.38. The minimum absolute atomic E-state index is 0.0865. The number of carbonyl (C=O) groups is 2. The Kier molecular flexibility index (Phi) is 7.00. The smallest absolute Gasteiger partial charge is 0.228 e. The van der Waals surface area contributed by atoms with E-state index in [9.17, 15) is 9.59 Å². The van der Waals surface area contributed by atoms with Gasteiger partial charge < -0.3 is 19.3 Å². The van der Waals surface area contributed by atoms with Crippen molar-refractivity contribution >= 4 is 11.8 Å². The molecule has 7 nitrogen and oxygen atoms in total. The van der Waals surface area contributed by atoms with Gasteiger partial charge in [-0.25, -0.2) is 0 Å². The Balaban J connectivity index is 1.26. The molecule has 4 rings (SSSR count). The van der Waals surface area contributed by atoms with Gasteiger partial charge in [-0.2, -0.15) is 0 Å².